The van der Waals surface area contributed by atoms with Crippen LogP contribution in [0.2, 0.25) is 0 Å². The molecule has 0 unspecified atom stereocenters. The molecule has 40 heavy (non-hydrogen) atoms. The highest BCUT2D eigenvalue weighted by molar-refractivity contribution is 6.75. The molecule has 0 spiro atoms. The third kappa shape index (κ3) is 7.88. The summed E-state index contributed by atoms with van der Waals surface area (Å²) in [4.78, 5) is 0. The van der Waals surface area contributed by atoms with Crippen LogP contribution in [0.15, 0.2) is 142 Å². The molecule has 0 aliphatic heterocycles. The van der Waals surface area contributed by atoms with Gasteiger partial charge in [-0.05, 0) is 48.5 Å². The van der Waals surface area contributed by atoms with Gasteiger partial charge >= 0.3 is 0 Å². The average Bonchev–Trinajstić information content (AvgIpc) is 3.02. The first kappa shape index (κ1) is 27.8. The van der Waals surface area contributed by atoms with E-state index < -0.39 is 0 Å². The maximum absolute atomic E-state index is 4.92. The Morgan fingerprint density at radius 2 is 0.650 bits per heavy atom. The van der Waals surface area contributed by atoms with Crippen molar-refractivity contribution in [2.45, 2.75) is 0 Å². The lowest BCUT2D eigenvalue weighted by atomic mass is 10.2. The zero-order chi connectivity index (χ0) is 28.2. The van der Waals surface area contributed by atoms with Crippen LogP contribution in [0, 0.1) is 0 Å². The van der Waals surface area contributed by atoms with Gasteiger partial charge in [0.2, 0.25) is 0 Å². The Morgan fingerprint density at radius 3 is 0.925 bits per heavy atom. The molecule has 0 saturated heterocycles. The summed E-state index contributed by atoms with van der Waals surface area (Å²) in [5.41, 5.74) is 4.82. The standard InChI is InChI=1S/C32H34N8/c1-37(27-17-9-5-10-18-27)33-25-31(35-39(3)29-21-13-7-14-22-29)32(36-40(4)30-23-15-8-16-24-30)26-34-38(2)28-19-11-6-12-20-28/h5-26H,1-4H3/b33-25-,34-26+,35-31-,36-32+. The first-order chi connectivity index (χ1) is 19.5. The Labute approximate surface area is 236 Å². The molecule has 4 aromatic rings. The van der Waals surface area contributed by atoms with Gasteiger partial charge in [-0.3, -0.25) is 20.0 Å². The van der Waals surface area contributed by atoms with E-state index in [-0.39, 0.29) is 0 Å². The summed E-state index contributed by atoms with van der Waals surface area (Å²) in [6.45, 7) is 0. The smallest absolute Gasteiger partial charge is 0.133 e. The number of nitrogens with zero attached hydrogens (tertiary/aromatic N) is 8. The van der Waals surface area contributed by atoms with E-state index >= 15 is 0 Å². The molecule has 202 valence electrons. The van der Waals surface area contributed by atoms with Crippen LogP contribution in [-0.4, -0.2) is 52.0 Å². The molecule has 0 N–H and O–H groups in total. The van der Waals surface area contributed by atoms with E-state index in [1.807, 2.05) is 150 Å². The topological polar surface area (TPSA) is 62.4 Å². The lowest BCUT2D eigenvalue weighted by molar-refractivity contribution is 1.01. The summed E-state index contributed by atoms with van der Waals surface area (Å²) in [7, 11) is 7.59. The number of hydrazone groups is 4. The molecule has 0 heterocycles. The predicted octanol–water partition coefficient (Wildman–Crippen LogP) is 6.22. The minimum atomic E-state index is 0.530. The Kier molecular flexibility index (Phi) is 9.77. The van der Waals surface area contributed by atoms with Gasteiger partial charge in [-0.1, -0.05) is 72.8 Å². The SMILES string of the molecule is CN(\N=C/C(=N/N(C)c1ccccc1)C(/C=N/N(C)c1ccccc1)=N/N(C)c1ccccc1)c1ccccc1. The molecule has 0 aromatic heterocycles. The molecule has 4 aromatic carbocycles. The van der Waals surface area contributed by atoms with Crippen LogP contribution in [-0.2, 0) is 0 Å². The van der Waals surface area contributed by atoms with Gasteiger partial charge in [0.1, 0.15) is 11.4 Å². The van der Waals surface area contributed by atoms with Crippen LogP contribution in [0.1, 0.15) is 0 Å². The van der Waals surface area contributed by atoms with Crippen LogP contribution >= 0.6 is 0 Å². The largest absolute Gasteiger partial charge is 0.269 e. The molecule has 8 heteroatoms. The summed E-state index contributed by atoms with van der Waals surface area (Å²) in [5.74, 6) is 0. The van der Waals surface area contributed by atoms with Gasteiger partial charge in [0.15, 0.2) is 0 Å². The maximum Gasteiger partial charge on any atom is 0.133 e. The molecule has 4 rings (SSSR count). The third-order valence-corrected chi connectivity index (χ3v) is 6.00. The van der Waals surface area contributed by atoms with Gasteiger partial charge < -0.3 is 0 Å². The van der Waals surface area contributed by atoms with E-state index in [0.717, 1.165) is 22.7 Å². The van der Waals surface area contributed by atoms with Crippen molar-refractivity contribution in [2.75, 3.05) is 48.2 Å². The van der Waals surface area contributed by atoms with Crippen molar-refractivity contribution >= 4 is 46.6 Å². The number of anilines is 4. The molecule has 0 atom stereocenters. The molecule has 0 fully saturated rings. The Hall–Kier alpha value is -5.24. The fraction of sp³-hybridized carbons (Fsp3) is 0.125. The summed E-state index contributed by atoms with van der Waals surface area (Å²) in [6, 6.07) is 39.7. The molecule has 0 aliphatic carbocycles. The lowest BCUT2D eigenvalue weighted by Crippen LogP contribution is -2.28. The zero-order valence-electron chi connectivity index (χ0n) is 23.3. The zero-order valence-corrected chi connectivity index (χ0v) is 23.3. The van der Waals surface area contributed by atoms with Gasteiger partial charge in [0, 0.05) is 28.2 Å². The van der Waals surface area contributed by atoms with Gasteiger partial charge in [0.25, 0.3) is 0 Å². The third-order valence-electron chi connectivity index (χ3n) is 6.00. The van der Waals surface area contributed by atoms with Crippen molar-refractivity contribution in [1.29, 1.82) is 0 Å². The summed E-state index contributed by atoms with van der Waals surface area (Å²) < 4.78 is 0. The van der Waals surface area contributed by atoms with E-state index in [9.17, 15) is 0 Å². The van der Waals surface area contributed by atoms with Gasteiger partial charge in [-0.15, -0.1) is 0 Å². The molecule has 0 amide bonds. The minimum absolute atomic E-state index is 0.530. The molecule has 8 nitrogen and oxygen atoms in total. The van der Waals surface area contributed by atoms with Crippen LogP contribution in [0.25, 0.3) is 0 Å². The molecule has 0 aliphatic rings. The summed E-state index contributed by atoms with van der Waals surface area (Å²) in [6.07, 6.45) is 3.41. The Balaban J connectivity index is 1.77. The quantitative estimate of drug-likeness (QED) is 0.171. The molecular formula is C32H34N8. The van der Waals surface area contributed by atoms with Gasteiger partial charge in [-0.25, -0.2) is 0 Å². The lowest BCUT2D eigenvalue weighted by Gasteiger charge is -2.18. The number of para-hydroxylation sites is 4. The first-order valence-electron chi connectivity index (χ1n) is 12.9. The second-order valence-corrected chi connectivity index (χ2v) is 8.90. The first-order valence-corrected chi connectivity index (χ1v) is 12.9. The predicted molar refractivity (Wildman–Crippen MR) is 171 cm³/mol. The van der Waals surface area contributed by atoms with Gasteiger partial charge in [-0.2, -0.15) is 20.4 Å². The van der Waals surface area contributed by atoms with E-state index in [1.165, 1.54) is 0 Å². The highest BCUT2D eigenvalue weighted by Gasteiger charge is 2.12. The van der Waals surface area contributed by atoms with Crippen molar-refractivity contribution in [2.24, 2.45) is 20.4 Å². The van der Waals surface area contributed by atoms with Crippen molar-refractivity contribution in [3.63, 3.8) is 0 Å². The second-order valence-electron chi connectivity index (χ2n) is 8.90. The number of benzene rings is 4. The number of hydrogen-bond acceptors (Lipinski definition) is 8. The van der Waals surface area contributed by atoms with Crippen LogP contribution in [0.4, 0.5) is 22.7 Å². The second kappa shape index (κ2) is 14.1. The highest BCUT2D eigenvalue weighted by Crippen LogP contribution is 2.15. The molecular weight excluding hydrogens is 496 g/mol. The van der Waals surface area contributed by atoms with Crippen LogP contribution in [0.5, 0.6) is 0 Å². The van der Waals surface area contributed by atoms with Crippen LogP contribution in [0.3, 0.4) is 0 Å². The van der Waals surface area contributed by atoms with Crippen molar-refractivity contribution in [1.82, 2.24) is 0 Å². The highest BCUT2D eigenvalue weighted by atomic mass is 15.5. The van der Waals surface area contributed by atoms with E-state index in [2.05, 4.69) is 0 Å². The maximum atomic E-state index is 4.92. The minimum Gasteiger partial charge on any atom is -0.269 e. The van der Waals surface area contributed by atoms with Crippen molar-refractivity contribution in [3.05, 3.63) is 121 Å². The Morgan fingerprint density at radius 1 is 0.400 bits per heavy atom. The number of rotatable bonds is 11. The normalized spacial score (nSPS) is 12.1. The van der Waals surface area contributed by atoms with Crippen molar-refractivity contribution < 1.29 is 0 Å². The summed E-state index contributed by atoms with van der Waals surface area (Å²) in [5, 5.41) is 26.4. The van der Waals surface area contributed by atoms with E-state index in [1.54, 1.807) is 32.5 Å². The molecule has 0 radical (unpaired) electrons. The monoisotopic (exact) mass is 530 g/mol. The fourth-order valence-corrected chi connectivity index (χ4v) is 3.72. The molecule has 0 bridgehead atoms. The molecule has 0 saturated carbocycles. The van der Waals surface area contributed by atoms with Gasteiger partial charge in [0.05, 0.1) is 35.2 Å². The Bertz CT molecular complexity index is 1320. The average molecular weight is 531 g/mol. The van der Waals surface area contributed by atoms with E-state index in [0.29, 0.717) is 11.4 Å². The fourth-order valence-electron chi connectivity index (χ4n) is 3.72. The van der Waals surface area contributed by atoms with E-state index in [4.69, 9.17) is 20.4 Å². The van der Waals surface area contributed by atoms with Crippen molar-refractivity contribution in [3.8, 4) is 0 Å². The van der Waals surface area contributed by atoms with Crippen LogP contribution < -0.4 is 20.0 Å². The summed E-state index contributed by atoms with van der Waals surface area (Å²) >= 11 is 0. The number of hydrogen-bond donors (Lipinski definition) is 0.